The lowest BCUT2D eigenvalue weighted by Crippen LogP contribution is -2.25. The van der Waals surface area contributed by atoms with Crippen LogP contribution in [0.5, 0.6) is 0 Å². The Hall–Kier alpha value is -1.20. The summed E-state index contributed by atoms with van der Waals surface area (Å²) in [6.07, 6.45) is 3.22. The molecule has 0 aliphatic rings. The first-order chi connectivity index (χ1) is 8.63. The monoisotopic (exact) mass is 268 g/mol. The summed E-state index contributed by atoms with van der Waals surface area (Å²) < 4.78 is 10.8. The number of rotatable bonds is 7. The summed E-state index contributed by atoms with van der Waals surface area (Å²) >= 11 is 0. The maximum atomic E-state index is 11.7. The molecule has 100 valence electrons. The highest BCUT2D eigenvalue weighted by molar-refractivity contribution is 7.84. The molecular weight excluding hydrogens is 248 g/mol. The van der Waals surface area contributed by atoms with Gasteiger partial charge in [0, 0.05) is 34.9 Å². The van der Waals surface area contributed by atoms with E-state index in [4.69, 9.17) is 5.73 Å². The van der Waals surface area contributed by atoms with E-state index in [0.717, 1.165) is 18.4 Å². The van der Waals surface area contributed by atoms with Crippen molar-refractivity contribution in [3.05, 3.63) is 35.4 Å². The van der Waals surface area contributed by atoms with E-state index < -0.39 is 10.8 Å². The highest BCUT2D eigenvalue weighted by Crippen LogP contribution is 2.04. The molecule has 0 aliphatic heterocycles. The molecule has 0 bridgehead atoms. The maximum absolute atomic E-state index is 11.7. The van der Waals surface area contributed by atoms with Gasteiger partial charge in [-0.1, -0.05) is 12.1 Å². The topological polar surface area (TPSA) is 72.2 Å². The van der Waals surface area contributed by atoms with Gasteiger partial charge >= 0.3 is 0 Å². The van der Waals surface area contributed by atoms with Crippen LogP contribution >= 0.6 is 0 Å². The number of carbonyl (C=O) groups is 1. The first kappa shape index (κ1) is 14.9. The van der Waals surface area contributed by atoms with Crippen LogP contribution < -0.4 is 11.1 Å². The van der Waals surface area contributed by atoms with Crippen LogP contribution in [-0.2, 0) is 17.2 Å². The first-order valence-electron chi connectivity index (χ1n) is 6.00. The molecule has 0 radical (unpaired) electrons. The third-order valence-electron chi connectivity index (χ3n) is 2.54. The van der Waals surface area contributed by atoms with Crippen LogP contribution in [0.25, 0.3) is 0 Å². The number of benzene rings is 1. The highest BCUT2D eigenvalue weighted by atomic mass is 32.2. The molecule has 5 heteroatoms. The van der Waals surface area contributed by atoms with E-state index >= 15 is 0 Å². The minimum atomic E-state index is -0.793. The molecule has 0 saturated heterocycles. The quantitative estimate of drug-likeness (QED) is 0.715. The van der Waals surface area contributed by atoms with Crippen LogP contribution in [0.15, 0.2) is 24.3 Å². The summed E-state index contributed by atoms with van der Waals surface area (Å²) in [5, 5.41) is 2.81. The Bertz CT molecular complexity index is 404. The minimum absolute atomic E-state index is 0.0869. The lowest BCUT2D eigenvalue weighted by molar-refractivity contribution is 0.0953. The fourth-order valence-electron chi connectivity index (χ4n) is 1.57. The van der Waals surface area contributed by atoms with Crippen LogP contribution in [0.4, 0.5) is 0 Å². The van der Waals surface area contributed by atoms with Gasteiger partial charge in [0.15, 0.2) is 0 Å². The van der Waals surface area contributed by atoms with Gasteiger partial charge in [0.25, 0.3) is 5.91 Å². The Kier molecular flexibility index (Phi) is 6.60. The lowest BCUT2D eigenvalue weighted by atomic mass is 10.1. The molecule has 0 aromatic heterocycles. The van der Waals surface area contributed by atoms with Crippen LogP contribution in [0, 0.1) is 0 Å². The third kappa shape index (κ3) is 5.42. The average Bonchev–Trinajstić information content (AvgIpc) is 2.35. The van der Waals surface area contributed by atoms with Crippen LogP contribution in [0.1, 0.15) is 22.3 Å². The smallest absolute Gasteiger partial charge is 0.251 e. The van der Waals surface area contributed by atoms with E-state index in [1.165, 1.54) is 0 Å². The second-order valence-electron chi connectivity index (χ2n) is 4.12. The molecule has 4 nitrogen and oxygen atoms in total. The van der Waals surface area contributed by atoms with E-state index in [0.29, 0.717) is 24.4 Å². The van der Waals surface area contributed by atoms with Crippen LogP contribution in [0.2, 0.25) is 0 Å². The molecule has 1 unspecified atom stereocenters. The summed E-state index contributed by atoms with van der Waals surface area (Å²) in [5.74, 6) is 0.534. The fraction of sp³-hybridized carbons (Fsp3) is 0.462. The van der Waals surface area contributed by atoms with Crippen molar-refractivity contribution in [2.75, 3.05) is 25.1 Å². The maximum Gasteiger partial charge on any atom is 0.251 e. The van der Waals surface area contributed by atoms with Gasteiger partial charge in [-0.3, -0.25) is 9.00 Å². The van der Waals surface area contributed by atoms with E-state index in [1.807, 2.05) is 12.1 Å². The number of nitrogens with two attached hydrogens (primary N) is 1. The zero-order chi connectivity index (χ0) is 13.4. The molecule has 1 aromatic carbocycles. The van der Waals surface area contributed by atoms with Crippen molar-refractivity contribution >= 4 is 16.7 Å². The van der Waals surface area contributed by atoms with Gasteiger partial charge < -0.3 is 11.1 Å². The first-order valence-corrected chi connectivity index (χ1v) is 7.73. The van der Waals surface area contributed by atoms with Gasteiger partial charge in [0.05, 0.1) is 0 Å². The zero-order valence-electron chi connectivity index (χ0n) is 10.6. The van der Waals surface area contributed by atoms with Gasteiger partial charge in [0.1, 0.15) is 0 Å². The second-order valence-corrected chi connectivity index (χ2v) is 5.68. The second kappa shape index (κ2) is 8.00. The molecule has 1 atom stereocenters. The van der Waals surface area contributed by atoms with Crippen molar-refractivity contribution in [1.82, 2.24) is 5.32 Å². The van der Waals surface area contributed by atoms with Crippen LogP contribution in [-0.4, -0.2) is 35.2 Å². The summed E-state index contributed by atoms with van der Waals surface area (Å²) in [6.45, 7) is 1.17. The molecule has 0 saturated carbocycles. The molecule has 1 rings (SSSR count). The summed E-state index contributed by atoms with van der Waals surface area (Å²) in [5.41, 5.74) is 7.24. The highest BCUT2D eigenvalue weighted by Gasteiger charge is 2.04. The molecule has 18 heavy (non-hydrogen) atoms. The minimum Gasteiger partial charge on any atom is -0.352 e. The molecular formula is C13H20N2O2S. The predicted molar refractivity (Wildman–Crippen MR) is 75.1 cm³/mol. The van der Waals surface area contributed by atoms with Gasteiger partial charge in [-0.2, -0.15) is 0 Å². The Morgan fingerprint density at radius 1 is 1.33 bits per heavy atom. The van der Waals surface area contributed by atoms with Crippen molar-refractivity contribution in [2.24, 2.45) is 5.73 Å². The van der Waals surface area contributed by atoms with Gasteiger partial charge in [0.2, 0.25) is 0 Å². The van der Waals surface area contributed by atoms with E-state index in [1.54, 1.807) is 18.4 Å². The molecule has 3 N–H and O–H groups in total. The summed E-state index contributed by atoms with van der Waals surface area (Å²) in [6, 6.07) is 7.45. The fourth-order valence-corrected chi connectivity index (χ4v) is 2.12. The van der Waals surface area contributed by atoms with E-state index in [2.05, 4.69) is 5.32 Å². The largest absolute Gasteiger partial charge is 0.352 e. The zero-order valence-corrected chi connectivity index (χ0v) is 11.5. The average molecular weight is 268 g/mol. The van der Waals surface area contributed by atoms with E-state index in [9.17, 15) is 9.00 Å². The molecule has 0 spiro atoms. The van der Waals surface area contributed by atoms with Crippen molar-refractivity contribution in [3.8, 4) is 0 Å². The van der Waals surface area contributed by atoms with Gasteiger partial charge in [-0.15, -0.1) is 0 Å². The van der Waals surface area contributed by atoms with Crippen molar-refractivity contribution < 1.29 is 9.00 Å². The Morgan fingerprint density at radius 2 is 2.00 bits per heavy atom. The Balaban J connectivity index is 2.39. The van der Waals surface area contributed by atoms with Crippen molar-refractivity contribution in [1.29, 1.82) is 0 Å². The van der Waals surface area contributed by atoms with E-state index in [-0.39, 0.29) is 5.91 Å². The third-order valence-corrected chi connectivity index (χ3v) is 3.41. The van der Waals surface area contributed by atoms with Crippen LogP contribution in [0.3, 0.4) is 0 Å². The number of hydrogen-bond donors (Lipinski definition) is 2. The normalized spacial score (nSPS) is 12.1. The number of amides is 1. The molecule has 1 amide bonds. The van der Waals surface area contributed by atoms with Crippen molar-refractivity contribution in [3.63, 3.8) is 0 Å². The SMILES string of the molecule is CS(=O)CCCNC(=O)c1ccc(CCN)cc1. The molecule has 0 fully saturated rings. The number of nitrogens with one attached hydrogen (secondary N) is 1. The molecule has 1 aromatic rings. The standard InChI is InChI=1S/C13H20N2O2S/c1-18(17)10-2-9-15-13(16)12-5-3-11(4-6-12)7-8-14/h3-6H,2,7-10,14H2,1H3,(H,15,16). The molecule has 0 aliphatic carbocycles. The lowest BCUT2D eigenvalue weighted by Gasteiger charge is -2.05. The Morgan fingerprint density at radius 3 is 2.56 bits per heavy atom. The summed E-state index contributed by atoms with van der Waals surface area (Å²) in [4.78, 5) is 11.7. The van der Waals surface area contributed by atoms with Crippen molar-refractivity contribution in [2.45, 2.75) is 12.8 Å². The van der Waals surface area contributed by atoms with Gasteiger partial charge in [-0.25, -0.2) is 0 Å². The number of carbonyl (C=O) groups excluding carboxylic acids is 1. The predicted octanol–water partition coefficient (Wildman–Crippen LogP) is 0.686. The summed E-state index contributed by atoms with van der Waals surface area (Å²) in [7, 11) is -0.793. The molecule has 0 heterocycles. The number of hydrogen-bond acceptors (Lipinski definition) is 3. The van der Waals surface area contributed by atoms with Gasteiger partial charge in [-0.05, 0) is 37.1 Å². The Labute approximate surface area is 110 Å².